The predicted octanol–water partition coefficient (Wildman–Crippen LogP) is 2.50. The third-order valence-electron chi connectivity index (χ3n) is 3.27. The first-order chi connectivity index (χ1) is 10.8. The van der Waals surface area contributed by atoms with Crippen LogP contribution in [0.2, 0.25) is 0 Å². The Balaban J connectivity index is 1.84. The van der Waals surface area contributed by atoms with Crippen molar-refractivity contribution in [2.45, 2.75) is 6.54 Å². The molecule has 0 aliphatic rings. The Kier molecular flexibility index (Phi) is 4.00. The van der Waals surface area contributed by atoms with Gasteiger partial charge in [-0.25, -0.2) is 4.98 Å². The van der Waals surface area contributed by atoms with E-state index in [0.29, 0.717) is 12.4 Å². The minimum atomic E-state index is 0.578. The average Bonchev–Trinajstić information content (AvgIpc) is 2.95. The number of pyridine rings is 2. The maximum Gasteiger partial charge on any atom is 0.237 e. The summed E-state index contributed by atoms with van der Waals surface area (Å²) in [6.07, 6.45) is 7.27. The molecule has 22 heavy (non-hydrogen) atoms. The first-order valence-corrected chi connectivity index (χ1v) is 6.93. The van der Waals surface area contributed by atoms with E-state index in [9.17, 15) is 0 Å². The van der Waals surface area contributed by atoms with Gasteiger partial charge >= 0.3 is 0 Å². The third kappa shape index (κ3) is 2.90. The van der Waals surface area contributed by atoms with Crippen LogP contribution >= 0.6 is 0 Å². The lowest BCUT2D eigenvalue weighted by molar-refractivity contribution is 0.399. The van der Waals surface area contributed by atoms with Gasteiger partial charge in [0.25, 0.3) is 0 Å². The van der Waals surface area contributed by atoms with E-state index < -0.39 is 0 Å². The summed E-state index contributed by atoms with van der Waals surface area (Å²) >= 11 is 0. The number of rotatable bonds is 5. The van der Waals surface area contributed by atoms with Crippen LogP contribution in [0.1, 0.15) is 5.56 Å². The molecular weight excluding hydrogens is 278 g/mol. The van der Waals surface area contributed by atoms with E-state index in [4.69, 9.17) is 4.74 Å². The number of nitrogens with zero attached hydrogens (tertiary/aromatic N) is 4. The smallest absolute Gasteiger partial charge is 0.237 e. The Morgan fingerprint density at radius 3 is 2.86 bits per heavy atom. The largest absolute Gasteiger partial charge is 0.480 e. The molecule has 0 aromatic carbocycles. The van der Waals surface area contributed by atoms with Crippen molar-refractivity contribution in [3.05, 3.63) is 54.6 Å². The lowest BCUT2D eigenvalue weighted by Gasteiger charge is -2.09. The van der Waals surface area contributed by atoms with Crippen molar-refractivity contribution in [2.24, 2.45) is 7.05 Å². The Bertz CT molecular complexity index is 754. The molecule has 1 N–H and O–H groups in total. The quantitative estimate of drug-likeness (QED) is 0.783. The fourth-order valence-corrected chi connectivity index (χ4v) is 2.29. The number of anilines is 1. The Labute approximate surface area is 128 Å². The molecule has 3 aromatic heterocycles. The second kappa shape index (κ2) is 6.26. The topological polar surface area (TPSA) is 64.9 Å². The molecule has 0 aliphatic heterocycles. The van der Waals surface area contributed by atoms with Crippen LogP contribution < -0.4 is 10.1 Å². The van der Waals surface area contributed by atoms with Gasteiger partial charge in [0.2, 0.25) is 5.88 Å². The van der Waals surface area contributed by atoms with E-state index in [2.05, 4.69) is 20.4 Å². The maximum absolute atomic E-state index is 5.25. The summed E-state index contributed by atoms with van der Waals surface area (Å²) in [4.78, 5) is 8.34. The molecule has 3 rings (SSSR count). The lowest BCUT2D eigenvalue weighted by Crippen LogP contribution is -2.02. The molecule has 0 unspecified atom stereocenters. The summed E-state index contributed by atoms with van der Waals surface area (Å²) < 4.78 is 7.05. The molecule has 0 atom stereocenters. The molecule has 6 nitrogen and oxygen atoms in total. The number of nitrogens with one attached hydrogen (secondary N) is 1. The van der Waals surface area contributed by atoms with E-state index in [0.717, 1.165) is 22.5 Å². The second-order valence-electron chi connectivity index (χ2n) is 4.83. The standard InChI is InChI=1S/C16H17N5O/c1-21-11-13(15(20-21)12-5-3-7-17-9-12)10-19-14-6-4-8-18-16(14)22-2/h3-9,11,19H,10H2,1-2H3. The molecule has 0 bridgehead atoms. The molecule has 0 saturated heterocycles. The van der Waals surface area contributed by atoms with E-state index in [1.165, 1.54) is 0 Å². The van der Waals surface area contributed by atoms with Gasteiger partial charge in [0.1, 0.15) is 0 Å². The highest BCUT2D eigenvalue weighted by Crippen LogP contribution is 2.24. The normalized spacial score (nSPS) is 10.5. The molecule has 0 fully saturated rings. The summed E-state index contributed by atoms with van der Waals surface area (Å²) in [5, 5.41) is 7.87. The van der Waals surface area contributed by atoms with E-state index in [1.54, 1.807) is 24.2 Å². The summed E-state index contributed by atoms with van der Waals surface area (Å²) in [5.41, 5.74) is 3.86. The van der Waals surface area contributed by atoms with Crippen LogP contribution in [0.5, 0.6) is 5.88 Å². The Morgan fingerprint density at radius 1 is 1.23 bits per heavy atom. The minimum absolute atomic E-state index is 0.578. The first-order valence-electron chi connectivity index (χ1n) is 6.93. The van der Waals surface area contributed by atoms with Gasteiger partial charge in [-0.05, 0) is 24.3 Å². The predicted molar refractivity (Wildman–Crippen MR) is 84.6 cm³/mol. The molecule has 0 spiro atoms. The van der Waals surface area contributed by atoms with Gasteiger partial charge in [-0.15, -0.1) is 0 Å². The van der Waals surface area contributed by atoms with Gasteiger partial charge in [-0.2, -0.15) is 5.10 Å². The molecule has 0 saturated carbocycles. The number of hydrogen-bond donors (Lipinski definition) is 1. The van der Waals surface area contributed by atoms with Gasteiger partial charge in [-0.3, -0.25) is 9.67 Å². The molecule has 0 amide bonds. The fourth-order valence-electron chi connectivity index (χ4n) is 2.29. The number of ether oxygens (including phenoxy) is 1. The summed E-state index contributed by atoms with van der Waals surface area (Å²) in [7, 11) is 3.52. The monoisotopic (exact) mass is 295 g/mol. The van der Waals surface area contributed by atoms with Crippen molar-refractivity contribution >= 4 is 5.69 Å². The van der Waals surface area contributed by atoms with Crippen LogP contribution in [-0.2, 0) is 13.6 Å². The van der Waals surface area contributed by atoms with E-state index in [1.807, 2.05) is 43.7 Å². The number of methoxy groups -OCH3 is 1. The lowest BCUT2D eigenvalue weighted by atomic mass is 10.1. The van der Waals surface area contributed by atoms with Crippen molar-refractivity contribution in [3.63, 3.8) is 0 Å². The summed E-state index contributed by atoms with van der Waals surface area (Å²) in [6, 6.07) is 7.72. The van der Waals surface area contributed by atoms with Gasteiger partial charge in [-0.1, -0.05) is 0 Å². The number of aryl methyl sites for hydroxylation is 1. The molecule has 0 aliphatic carbocycles. The van der Waals surface area contributed by atoms with E-state index >= 15 is 0 Å². The Morgan fingerprint density at radius 2 is 2.09 bits per heavy atom. The Hall–Kier alpha value is -2.89. The zero-order valence-corrected chi connectivity index (χ0v) is 12.5. The van der Waals surface area contributed by atoms with Crippen molar-refractivity contribution < 1.29 is 4.74 Å². The molecule has 3 aromatic rings. The maximum atomic E-state index is 5.25. The van der Waals surface area contributed by atoms with Crippen molar-refractivity contribution in [1.29, 1.82) is 0 Å². The third-order valence-corrected chi connectivity index (χ3v) is 3.27. The summed E-state index contributed by atoms with van der Waals surface area (Å²) in [5.74, 6) is 0.578. The van der Waals surface area contributed by atoms with Crippen LogP contribution in [0.25, 0.3) is 11.3 Å². The SMILES string of the molecule is COc1ncccc1NCc1cn(C)nc1-c1cccnc1. The highest BCUT2D eigenvalue weighted by Gasteiger charge is 2.11. The van der Waals surface area contributed by atoms with Crippen molar-refractivity contribution in [1.82, 2.24) is 19.7 Å². The molecule has 6 heteroatoms. The zero-order chi connectivity index (χ0) is 15.4. The van der Waals surface area contributed by atoms with Gasteiger partial charge in [0, 0.05) is 49.5 Å². The minimum Gasteiger partial charge on any atom is -0.480 e. The van der Waals surface area contributed by atoms with Crippen molar-refractivity contribution in [2.75, 3.05) is 12.4 Å². The van der Waals surface area contributed by atoms with Crippen LogP contribution in [0, 0.1) is 0 Å². The van der Waals surface area contributed by atoms with E-state index in [-0.39, 0.29) is 0 Å². The highest BCUT2D eigenvalue weighted by molar-refractivity contribution is 5.62. The summed E-state index contributed by atoms with van der Waals surface area (Å²) in [6.45, 7) is 0.625. The highest BCUT2D eigenvalue weighted by atomic mass is 16.5. The molecule has 3 heterocycles. The zero-order valence-electron chi connectivity index (χ0n) is 12.5. The van der Waals surface area contributed by atoms with Crippen LogP contribution in [0.15, 0.2) is 49.1 Å². The van der Waals surface area contributed by atoms with Crippen molar-refractivity contribution in [3.8, 4) is 17.1 Å². The van der Waals surface area contributed by atoms with Gasteiger partial charge in [0.05, 0.1) is 18.5 Å². The molecule has 112 valence electrons. The van der Waals surface area contributed by atoms with Gasteiger partial charge < -0.3 is 10.1 Å². The van der Waals surface area contributed by atoms with Crippen LogP contribution in [0.3, 0.4) is 0 Å². The number of hydrogen-bond acceptors (Lipinski definition) is 5. The fraction of sp³-hybridized carbons (Fsp3) is 0.188. The van der Waals surface area contributed by atoms with Crippen LogP contribution in [0.4, 0.5) is 5.69 Å². The molecular formula is C16H17N5O. The first kappa shape index (κ1) is 14.1. The molecule has 0 radical (unpaired) electrons. The van der Waals surface area contributed by atoms with Crippen LogP contribution in [-0.4, -0.2) is 26.9 Å². The second-order valence-corrected chi connectivity index (χ2v) is 4.83. The average molecular weight is 295 g/mol. The van der Waals surface area contributed by atoms with Gasteiger partial charge in [0.15, 0.2) is 0 Å². The number of aromatic nitrogens is 4.